The molecule has 0 atom stereocenters. The third-order valence-electron chi connectivity index (χ3n) is 1.72. The number of H-pyrrole nitrogens is 2. The van der Waals surface area contributed by atoms with Crippen LogP contribution in [0.15, 0.2) is 18.6 Å². The van der Waals surface area contributed by atoms with Crippen LogP contribution in [0.4, 0.5) is 5.95 Å². The lowest BCUT2D eigenvalue weighted by atomic mass is 10.4. The van der Waals surface area contributed by atoms with E-state index < -0.39 is 0 Å². The number of hydrogen-bond acceptors (Lipinski definition) is 3. The lowest BCUT2D eigenvalue weighted by Gasteiger charge is -1.98. The number of aromatic amines is 2. The molecule has 0 unspecified atom stereocenters. The number of aromatic nitrogens is 4. The molecular formula is C8H11N5. The van der Waals surface area contributed by atoms with E-state index >= 15 is 0 Å². The largest absolute Gasteiger partial charge is 0.352 e. The van der Waals surface area contributed by atoms with E-state index in [0.717, 1.165) is 23.8 Å². The summed E-state index contributed by atoms with van der Waals surface area (Å²) in [4.78, 5) is 7.20. The van der Waals surface area contributed by atoms with Crippen LogP contribution in [0.25, 0.3) is 0 Å². The van der Waals surface area contributed by atoms with Crippen molar-refractivity contribution in [2.24, 2.45) is 0 Å². The van der Waals surface area contributed by atoms with Crippen molar-refractivity contribution in [3.8, 4) is 0 Å². The minimum Gasteiger partial charge on any atom is -0.352 e. The molecule has 0 saturated heterocycles. The van der Waals surface area contributed by atoms with Crippen LogP contribution in [0.2, 0.25) is 0 Å². The van der Waals surface area contributed by atoms with E-state index in [4.69, 9.17) is 0 Å². The van der Waals surface area contributed by atoms with Gasteiger partial charge >= 0.3 is 0 Å². The highest BCUT2D eigenvalue weighted by molar-refractivity contribution is 5.27. The Morgan fingerprint density at radius 3 is 3.00 bits per heavy atom. The Bertz CT molecular complexity index is 362. The summed E-state index contributed by atoms with van der Waals surface area (Å²) < 4.78 is 0. The maximum Gasteiger partial charge on any atom is 0.200 e. The van der Waals surface area contributed by atoms with Gasteiger partial charge in [-0.1, -0.05) is 0 Å². The third-order valence-corrected chi connectivity index (χ3v) is 1.72. The van der Waals surface area contributed by atoms with E-state index in [1.54, 1.807) is 12.4 Å². The summed E-state index contributed by atoms with van der Waals surface area (Å²) in [5.41, 5.74) is 2.16. The molecule has 0 aliphatic heterocycles. The lowest BCUT2D eigenvalue weighted by molar-refractivity contribution is 1.09. The molecule has 0 saturated carbocycles. The molecular weight excluding hydrogens is 166 g/mol. The topological polar surface area (TPSA) is 69.4 Å². The normalized spacial score (nSPS) is 10.2. The molecule has 0 radical (unpaired) electrons. The summed E-state index contributed by atoms with van der Waals surface area (Å²) in [6, 6.07) is 0. The maximum absolute atomic E-state index is 4.12. The Kier molecular flexibility index (Phi) is 1.99. The summed E-state index contributed by atoms with van der Waals surface area (Å²) >= 11 is 0. The Labute approximate surface area is 75.6 Å². The first kappa shape index (κ1) is 7.85. The Morgan fingerprint density at radius 1 is 1.46 bits per heavy atom. The minimum absolute atomic E-state index is 0.726. The highest BCUT2D eigenvalue weighted by Crippen LogP contribution is 2.02. The number of nitrogens with zero attached hydrogens (tertiary/aromatic N) is 2. The van der Waals surface area contributed by atoms with E-state index in [-0.39, 0.29) is 0 Å². The quantitative estimate of drug-likeness (QED) is 0.656. The zero-order valence-electron chi connectivity index (χ0n) is 7.33. The third kappa shape index (κ3) is 1.87. The van der Waals surface area contributed by atoms with Crippen LogP contribution in [-0.2, 0) is 6.54 Å². The average molecular weight is 177 g/mol. The van der Waals surface area contributed by atoms with Crippen molar-refractivity contribution in [2.75, 3.05) is 5.32 Å². The molecule has 2 aromatic heterocycles. The zero-order valence-corrected chi connectivity index (χ0v) is 7.33. The molecule has 2 aromatic rings. The summed E-state index contributed by atoms with van der Waals surface area (Å²) in [6.07, 6.45) is 5.42. The molecule has 3 N–H and O–H groups in total. The van der Waals surface area contributed by atoms with Gasteiger partial charge in [-0.25, -0.2) is 4.98 Å². The predicted molar refractivity (Wildman–Crippen MR) is 49.2 cm³/mol. The van der Waals surface area contributed by atoms with Gasteiger partial charge in [-0.15, -0.1) is 0 Å². The average Bonchev–Trinajstić information content (AvgIpc) is 2.71. The Morgan fingerprint density at radius 2 is 2.38 bits per heavy atom. The molecule has 68 valence electrons. The van der Waals surface area contributed by atoms with Crippen molar-refractivity contribution in [3.63, 3.8) is 0 Å². The standard InChI is InChI=1S/C8H11N5/c1-6-2-9-8(13-6)10-3-7-4-11-12-5-7/h2,4-5H,3H2,1H3,(H,11,12)(H2,9,10,13). The second-order valence-corrected chi connectivity index (χ2v) is 2.87. The summed E-state index contributed by atoms with van der Waals surface area (Å²) in [7, 11) is 0. The van der Waals surface area contributed by atoms with Crippen LogP contribution in [0.5, 0.6) is 0 Å². The first-order valence-corrected chi connectivity index (χ1v) is 4.08. The number of anilines is 1. The molecule has 2 heterocycles. The van der Waals surface area contributed by atoms with Gasteiger partial charge < -0.3 is 10.3 Å². The van der Waals surface area contributed by atoms with Gasteiger partial charge in [0.2, 0.25) is 5.95 Å². The number of nitrogens with one attached hydrogen (secondary N) is 3. The van der Waals surface area contributed by atoms with Gasteiger partial charge in [0, 0.05) is 30.2 Å². The number of rotatable bonds is 3. The molecule has 0 fully saturated rings. The van der Waals surface area contributed by atoms with Gasteiger partial charge in [-0.3, -0.25) is 5.10 Å². The van der Waals surface area contributed by atoms with Crippen molar-refractivity contribution in [1.29, 1.82) is 0 Å². The summed E-state index contributed by atoms with van der Waals surface area (Å²) in [6.45, 7) is 2.69. The Balaban J connectivity index is 1.93. The fourth-order valence-electron chi connectivity index (χ4n) is 1.06. The highest BCUT2D eigenvalue weighted by Gasteiger charge is 1.96. The second kappa shape index (κ2) is 3.30. The van der Waals surface area contributed by atoms with Gasteiger partial charge in [0.15, 0.2) is 0 Å². The van der Waals surface area contributed by atoms with E-state index in [9.17, 15) is 0 Å². The van der Waals surface area contributed by atoms with E-state index in [2.05, 4.69) is 25.5 Å². The van der Waals surface area contributed by atoms with Crippen LogP contribution in [0.3, 0.4) is 0 Å². The van der Waals surface area contributed by atoms with E-state index in [1.807, 2.05) is 13.1 Å². The molecule has 0 amide bonds. The fourth-order valence-corrected chi connectivity index (χ4v) is 1.06. The summed E-state index contributed by atoms with van der Waals surface area (Å²) in [5.74, 6) is 0.790. The molecule has 0 aromatic carbocycles. The van der Waals surface area contributed by atoms with Crippen molar-refractivity contribution in [3.05, 3.63) is 29.8 Å². The Hall–Kier alpha value is -1.78. The summed E-state index contributed by atoms with van der Waals surface area (Å²) in [5, 5.41) is 9.74. The zero-order chi connectivity index (χ0) is 9.10. The maximum atomic E-state index is 4.12. The molecule has 2 rings (SSSR count). The van der Waals surface area contributed by atoms with Gasteiger partial charge in [-0.2, -0.15) is 5.10 Å². The minimum atomic E-state index is 0.726. The SMILES string of the molecule is Cc1cnc(NCc2cn[nH]c2)[nH]1. The van der Waals surface area contributed by atoms with Gasteiger partial charge in [-0.05, 0) is 6.92 Å². The van der Waals surface area contributed by atoms with Crippen LogP contribution < -0.4 is 5.32 Å². The molecule has 5 nitrogen and oxygen atoms in total. The monoisotopic (exact) mass is 177 g/mol. The predicted octanol–water partition coefficient (Wildman–Crippen LogP) is 1.05. The van der Waals surface area contributed by atoms with Gasteiger partial charge in [0.25, 0.3) is 0 Å². The van der Waals surface area contributed by atoms with Crippen LogP contribution in [-0.4, -0.2) is 20.2 Å². The van der Waals surface area contributed by atoms with Crippen LogP contribution in [0, 0.1) is 6.92 Å². The molecule has 13 heavy (non-hydrogen) atoms. The smallest absolute Gasteiger partial charge is 0.200 e. The number of hydrogen-bond donors (Lipinski definition) is 3. The molecule has 0 aliphatic rings. The van der Waals surface area contributed by atoms with Crippen molar-refractivity contribution < 1.29 is 0 Å². The molecule has 0 bridgehead atoms. The molecule has 5 heteroatoms. The second-order valence-electron chi connectivity index (χ2n) is 2.87. The van der Waals surface area contributed by atoms with Gasteiger partial charge in [0.1, 0.15) is 0 Å². The van der Waals surface area contributed by atoms with Crippen LogP contribution >= 0.6 is 0 Å². The first-order valence-electron chi connectivity index (χ1n) is 4.08. The van der Waals surface area contributed by atoms with Crippen LogP contribution in [0.1, 0.15) is 11.3 Å². The number of imidazole rings is 1. The van der Waals surface area contributed by atoms with Crippen molar-refractivity contribution in [1.82, 2.24) is 20.2 Å². The molecule has 0 spiro atoms. The molecule has 0 aliphatic carbocycles. The van der Waals surface area contributed by atoms with E-state index in [0.29, 0.717) is 0 Å². The van der Waals surface area contributed by atoms with Crippen molar-refractivity contribution in [2.45, 2.75) is 13.5 Å². The van der Waals surface area contributed by atoms with Crippen molar-refractivity contribution >= 4 is 5.95 Å². The number of aryl methyl sites for hydroxylation is 1. The van der Waals surface area contributed by atoms with Gasteiger partial charge in [0.05, 0.1) is 6.20 Å². The fraction of sp³-hybridized carbons (Fsp3) is 0.250. The lowest BCUT2D eigenvalue weighted by Crippen LogP contribution is -1.99. The first-order chi connectivity index (χ1) is 6.34. The highest BCUT2D eigenvalue weighted by atomic mass is 15.1. The van der Waals surface area contributed by atoms with E-state index in [1.165, 1.54) is 0 Å².